The van der Waals surface area contributed by atoms with Crippen LogP contribution in [-0.4, -0.2) is 43.1 Å². The van der Waals surface area contributed by atoms with E-state index in [-0.39, 0.29) is 30.1 Å². The largest absolute Gasteiger partial charge is 0.349 e. The fourth-order valence-electron chi connectivity index (χ4n) is 2.00. The van der Waals surface area contributed by atoms with Crippen molar-refractivity contribution in [3.05, 3.63) is 29.3 Å². The van der Waals surface area contributed by atoms with Crippen LogP contribution in [0.3, 0.4) is 0 Å². The van der Waals surface area contributed by atoms with Gasteiger partial charge >= 0.3 is 0 Å². The third-order valence-corrected chi connectivity index (χ3v) is 3.03. The molecular formula is C13H12F2N2O3. The summed E-state index contributed by atoms with van der Waals surface area (Å²) in [6.07, 6.45) is -0.0533. The molecule has 106 valence electrons. The maximum atomic E-state index is 13.7. The molecule has 5 nitrogen and oxygen atoms in total. The zero-order valence-electron chi connectivity index (χ0n) is 10.9. The number of amides is 2. The molecule has 0 atom stereocenters. The van der Waals surface area contributed by atoms with Gasteiger partial charge < -0.3 is 9.80 Å². The van der Waals surface area contributed by atoms with E-state index in [2.05, 4.69) is 0 Å². The normalized spacial score (nSPS) is 13.7. The predicted octanol–water partition coefficient (Wildman–Crippen LogP) is 0.972. The molecule has 1 aliphatic heterocycles. The summed E-state index contributed by atoms with van der Waals surface area (Å²) in [5.41, 5.74) is -0.558. The van der Waals surface area contributed by atoms with Crippen molar-refractivity contribution in [3.8, 4) is 0 Å². The Morgan fingerprint density at radius 3 is 2.50 bits per heavy atom. The summed E-state index contributed by atoms with van der Waals surface area (Å²) >= 11 is 0. The number of hydrogen-bond donors (Lipinski definition) is 0. The molecule has 1 aromatic rings. The number of carbonyl (C=O) groups excluding carboxylic acids is 3. The monoisotopic (exact) mass is 282 g/mol. The molecule has 1 heterocycles. The Kier molecular flexibility index (Phi) is 3.52. The second-order valence-electron chi connectivity index (χ2n) is 4.61. The van der Waals surface area contributed by atoms with Gasteiger partial charge in [0.2, 0.25) is 5.91 Å². The molecule has 0 fully saturated rings. The first-order valence-electron chi connectivity index (χ1n) is 5.88. The van der Waals surface area contributed by atoms with E-state index in [4.69, 9.17) is 0 Å². The quantitative estimate of drug-likeness (QED) is 0.776. The van der Waals surface area contributed by atoms with Crippen molar-refractivity contribution in [2.75, 3.05) is 25.5 Å². The summed E-state index contributed by atoms with van der Waals surface area (Å²) in [5.74, 6) is -4.09. The van der Waals surface area contributed by atoms with Crippen molar-refractivity contribution in [1.82, 2.24) is 4.90 Å². The van der Waals surface area contributed by atoms with Gasteiger partial charge in [-0.15, -0.1) is 0 Å². The molecule has 0 N–H and O–H groups in total. The Balaban J connectivity index is 2.31. The minimum absolute atomic E-state index is 0.0533. The Hall–Kier alpha value is -2.31. The second kappa shape index (κ2) is 4.99. The van der Waals surface area contributed by atoms with Crippen LogP contribution in [0.1, 0.15) is 16.8 Å². The highest BCUT2D eigenvalue weighted by Gasteiger charge is 2.38. The van der Waals surface area contributed by atoms with Crippen molar-refractivity contribution in [2.45, 2.75) is 6.42 Å². The molecule has 0 aliphatic carbocycles. The third kappa shape index (κ3) is 2.26. The predicted molar refractivity (Wildman–Crippen MR) is 66.4 cm³/mol. The van der Waals surface area contributed by atoms with Gasteiger partial charge in [0.15, 0.2) is 5.82 Å². The molecule has 0 aromatic heterocycles. The van der Waals surface area contributed by atoms with Crippen LogP contribution in [-0.2, 0) is 9.59 Å². The lowest BCUT2D eigenvalue weighted by Crippen LogP contribution is -2.34. The standard InChI is InChI=1S/C13H12F2N2O3/c1-16(2)10(18)3-4-17-11-8(12(19)13(17)20)5-7(14)6-9(11)15/h5-6H,3-4H2,1-2H3. The highest BCUT2D eigenvalue weighted by molar-refractivity contribution is 6.52. The van der Waals surface area contributed by atoms with Crippen molar-refractivity contribution in [1.29, 1.82) is 0 Å². The zero-order valence-corrected chi connectivity index (χ0v) is 10.9. The van der Waals surface area contributed by atoms with Crippen molar-refractivity contribution < 1.29 is 23.2 Å². The minimum atomic E-state index is -0.989. The van der Waals surface area contributed by atoms with E-state index in [9.17, 15) is 23.2 Å². The number of rotatable bonds is 3. The van der Waals surface area contributed by atoms with Gasteiger partial charge in [-0.2, -0.15) is 0 Å². The van der Waals surface area contributed by atoms with Gasteiger partial charge in [-0.25, -0.2) is 8.78 Å². The van der Waals surface area contributed by atoms with Gasteiger partial charge in [0.25, 0.3) is 11.7 Å². The molecule has 2 rings (SSSR count). The van der Waals surface area contributed by atoms with E-state index in [0.29, 0.717) is 6.07 Å². The van der Waals surface area contributed by atoms with Crippen LogP contribution in [0, 0.1) is 11.6 Å². The van der Waals surface area contributed by atoms with E-state index in [1.54, 1.807) is 14.1 Å². The molecule has 1 aliphatic rings. The SMILES string of the molecule is CN(C)C(=O)CCN1C(=O)C(=O)c2cc(F)cc(F)c21. The minimum Gasteiger partial charge on any atom is -0.349 e. The molecule has 1 aromatic carbocycles. The highest BCUT2D eigenvalue weighted by Crippen LogP contribution is 2.32. The molecular weight excluding hydrogens is 270 g/mol. The number of halogens is 2. The smallest absolute Gasteiger partial charge is 0.299 e. The van der Waals surface area contributed by atoms with Crippen LogP contribution < -0.4 is 4.90 Å². The summed E-state index contributed by atoms with van der Waals surface area (Å²) in [6.45, 7) is -0.128. The van der Waals surface area contributed by atoms with Gasteiger partial charge in [-0.1, -0.05) is 0 Å². The Labute approximate surface area is 113 Å². The number of carbonyl (C=O) groups is 3. The molecule has 0 saturated carbocycles. The average molecular weight is 282 g/mol. The molecule has 7 heteroatoms. The maximum absolute atomic E-state index is 13.7. The Morgan fingerprint density at radius 2 is 1.90 bits per heavy atom. The van der Waals surface area contributed by atoms with E-state index < -0.39 is 23.3 Å². The van der Waals surface area contributed by atoms with Gasteiger partial charge in [-0.05, 0) is 6.07 Å². The summed E-state index contributed by atoms with van der Waals surface area (Å²) in [5, 5.41) is 0. The fourth-order valence-corrected chi connectivity index (χ4v) is 2.00. The number of Topliss-reactive ketones (excluding diaryl/α,β-unsaturated/α-hetero) is 1. The molecule has 0 spiro atoms. The first-order valence-corrected chi connectivity index (χ1v) is 5.88. The van der Waals surface area contributed by atoms with Crippen molar-refractivity contribution in [2.24, 2.45) is 0 Å². The molecule has 0 saturated heterocycles. The molecule has 2 amide bonds. The number of benzene rings is 1. The van der Waals surface area contributed by atoms with E-state index in [1.165, 1.54) is 4.90 Å². The van der Waals surface area contributed by atoms with E-state index in [0.717, 1.165) is 11.0 Å². The molecule has 0 radical (unpaired) electrons. The number of hydrogen-bond acceptors (Lipinski definition) is 3. The third-order valence-electron chi connectivity index (χ3n) is 3.03. The molecule has 0 unspecified atom stereocenters. The number of ketones is 1. The van der Waals surface area contributed by atoms with Crippen LogP contribution in [0.2, 0.25) is 0 Å². The topological polar surface area (TPSA) is 57.7 Å². The number of fused-ring (bicyclic) bond motifs is 1. The summed E-state index contributed by atoms with van der Waals surface area (Å²) in [7, 11) is 3.09. The highest BCUT2D eigenvalue weighted by atomic mass is 19.1. The fraction of sp³-hybridized carbons (Fsp3) is 0.308. The van der Waals surface area contributed by atoms with Crippen LogP contribution in [0.25, 0.3) is 0 Å². The maximum Gasteiger partial charge on any atom is 0.299 e. The van der Waals surface area contributed by atoms with E-state index >= 15 is 0 Å². The zero-order chi connectivity index (χ0) is 15.0. The van der Waals surface area contributed by atoms with Gasteiger partial charge in [-0.3, -0.25) is 14.4 Å². The Morgan fingerprint density at radius 1 is 1.25 bits per heavy atom. The van der Waals surface area contributed by atoms with Crippen LogP contribution in [0.5, 0.6) is 0 Å². The first kappa shape index (κ1) is 14.1. The number of nitrogens with zero attached hydrogens (tertiary/aromatic N) is 2. The average Bonchev–Trinajstić information content (AvgIpc) is 2.60. The van der Waals surface area contributed by atoms with Gasteiger partial charge in [0.05, 0.1) is 11.3 Å². The van der Waals surface area contributed by atoms with Gasteiger partial charge in [0, 0.05) is 33.1 Å². The Bertz CT molecular complexity index is 614. The second-order valence-corrected chi connectivity index (χ2v) is 4.61. The first-order chi connectivity index (χ1) is 9.32. The van der Waals surface area contributed by atoms with Crippen molar-refractivity contribution >= 4 is 23.3 Å². The van der Waals surface area contributed by atoms with Crippen LogP contribution in [0.4, 0.5) is 14.5 Å². The summed E-state index contributed by atoms with van der Waals surface area (Å²) < 4.78 is 26.8. The van der Waals surface area contributed by atoms with Crippen molar-refractivity contribution in [3.63, 3.8) is 0 Å². The van der Waals surface area contributed by atoms with Crippen LogP contribution >= 0.6 is 0 Å². The molecule has 20 heavy (non-hydrogen) atoms. The lowest BCUT2D eigenvalue weighted by Gasteiger charge is -2.18. The summed E-state index contributed by atoms with van der Waals surface area (Å²) in [4.78, 5) is 37.1. The van der Waals surface area contributed by atoms with E-state index in [1.807, 2.05) is 0 Å². The number of anilines is 1. The van der Waals surface area contributed by atoms with Gasteiger partial charge in [0.1, 0.15) is 5.82 Å². The lowest BCUT2D eigenvalue weighted by atomic mass is 10.1. The lowest BCUT2D eigenvalue weighted by molar-refractivity contribution is -0.128. The molecule has 0 bridgehead atoms. The summed E-state index contributed by atoms with van der Waals surface area (Å²) in [6, 6.07) is 1.43. The van der Waals surface area contributed by atoms with Crippen LogP contribution in [0.15, 0.2) is 12.1 Å².